The van der Waals surface area contributed by atoms with Crippen LogP contribution in [0, 0.1) is 18.3 Å². The second-order valence-electron chi connectivity index (χ2n) is 4.48. The first-order valence-corrected chi connectivity index (χ1v) is 7.11. The molecule has 3 rings (SSSR count). The molecule has 3 heterocycles. The summed E-state index contributed by atoms with van der Waals surface area (Å²) in [4.78, 5) is 17.9. The Balaban J connectivity index is 2.18. The number of aromatic amines is 1. The molecule has 0 aromatic carbocycles. The van der Waals surface area contributed by atoms with Crippen molar-refractivity contribution < 1.29 is 0 Å². The average Bonchev–Trinajstić information content (AvgIpc) is 3.06. The van der Waals surface area contributed by atoms with E-state index in [-0.39, 0.29) is 5.56 Å². The van der Waals surface area contributed by atoms with Gasteiger partial charge in [-0.2, -0.15) is 5.26 Å². The number of H-pyrrole nitrogens is 1. The lowest BCUT2D eigenvalue weighted by Crippen LogP contribution is -2.21. The Kier molecular flexibility index (Phi) is 3.12. The molecule has 0 spiro atoms. The van der Waals surface area contributed by atoms with Crippen molar-refractivity contribution in [1.82, 2.24) is 14.6 Å². The molecule has 6 heteroatoms. The zero-order valence-electron chi connectivity index (χ0n) is 10.9. The Labute approximate surface area is 119 Å². The van der Waals surface area contributed by atoms with Crippen LogP contribution >= 0.6 is 11.3 Å². The molecule has 1 N–H and O–H groups in total. The molecule has 0 saturated carbocycles. The summed E-state index contributed by atoms with van der Waals surface area (Å²) < 4.78 is 1.45. The van der Waals surface area contributed by atoms with Gasteiger partial charge in [-0.05, 0) is 24.8 Å². The summed E-state index contributed by atoms with van der Waals surface area (Å²) in [5.41, 5.74) is 2.66. The van der Waals surface area contributed by atoms with Crippen molar-refractivity contribution in [3.05, 3.63) is 45.2 Å². The number of nitrogens with zero attached hydrogens (tertiary/aromatic N) is 3. The van der Waals surface area contributed by atoms with Gasteiger partial charge in [0, 0.05) is 23.7 Å². The fourth-order valence-corrected chi connectivity index (χ4v) is 2.89. The van der Waals surface area contributed by atoms with Crippen LogP contribution in [0.15, 0.2) is 28.4 Å². The topological polar surface area (TPSA) is 74.0 Å². The largest absolute Gasteiger partial charge is 0.288 e. The Morgan fingerprint density at radius 3 is 3.10 bits per heavy atom. The van der Waals surface area contributed by atoms with Crippen LogP contribution in [0.25, 0.3) is 16.2 Å². The summed E-state index contributed by atoms with van der Waals surface area (Å²) in [6.07, 6.45) is 0.757. The van der Waals surface area contributed by atoms with E-state index in [1.165, 1.54) is 4.52 Å². The Morgan fingerprint density at radius 2 is 2.40 bits per heavy atom. The van der Waals surface area contributed by atoms with E-state index >= 15 is 0 Å². The number of fused-ring (bicyclic) bond motifs is 1. The smallest absolute Gasteiger partial charge is 0.276 e. The number of thiophene rings is 1. The molecule has 0 aliphatic rings. The second-order valence-corrected chi connectivity index (χ2v) is 5.43. The molecule has 0 aliphatic heterocycles. The van der Waals surface area contributed by atoms with Gasteiger partial charge in [-0.1, -0.05) is 6.07 Å². The molecule has 3 aromatic rings. The van der Waals surface area contributed by atoms with Gasteiger partial charge in [0.05, 0.1) is 16.6 Å². The van der Waals surface area contributed by atoms with Gasteiger partial charge in [0.1, 0.15) is 0 Å². The van der Waals surface area contributed by atoms with E-state index in [0.29, 0.717) is 29.7 Å². The predicted octanol–water partition coefficient (Wildman–Crippen LogP) is 2.52. The maximum Gasteiger partial charge on any atom is 0.276 e. The number of nitriles is 1. The molecular weight excluding hydrogens is 272 g/mol. The molecule has 0 bridgehead atoms. The molecule has 5 nitrogen and oxygen atoms in total. The van der Waals surface area contributed by atoms with Crippen LogP contribution in [-0.4, -0.2) is 14.6 Å². The lowest BCUT2D eigenvalue weighted by atomic mass is 10.1. The summed E-state index contributed by atoms with van der Waals surface area (Å²) in [6.45, 7) is 1.81. The minimum atomic E-state index is -0.120. The van der Waals surface area contributed by atoms with E-state index in [0.717, 1.165) is 10.6 Å². The average molecular weight is 284 g/mol. The zero-order chi connectivity index (χ0) is 14.1. The third-order valence-electron chi connectivity index (χ3n) is 3.19. The number of aryl methyl sites for hydroxylation is 1. The highest BCUT2D eigenvalue weighted by Crippen LogP contribution is 2.23. The molecule has 0 saturated heterocycles. The van der Waals surface area contributed by atoms with Gasteiger partial charge in [0.15, 0.2) is 5.65 Å². The highest BCUT2D eigenvalue weighted by Gasteiger charge is 2.12. The normalized spacial score (nSPS) is 10.8. The number of hydrogen-bond donors (Lipinski definition) is 1. The van der Waals surface area contributed by atoms with E-state index in [1.807, 2.05) is 30.5 Å². The first-order valence-electron chi connectivity index (χ1n) is 6.23. The van der Waals surface area contributed by atoms with Gasteiger partial charge in [0.25, 0.3) is 5.56 Å². The predicted molar refractivity (Wildman–Crippen MR) is 77.8 cm³/mol. The third kappa shape index (κ3) is 2.02. The fourth-order valence-electron chi connectivity index (χ4n) is 2.20. The van der Waals surface area contributed by atoms with Crippen molar-refractivity contribution >= 4 is 17.0 Å². The molecule has 0 fully saturated rings. The van der Waals surface area contributed by atoms with Gasteiger partial charge in [-0.15, -0.1) is 11.3 Å². The van der Waals surface area contributed by atoms with Crippen LogP contribution in [0.2, 0.25) is 0 Å². The second kappa shape index (κ2) is 4.94. The first-order chi connectivity index (χ1) is 9.70. The van der Waals surface area contributed by atoms with Crippen molar-refractivity contribution in [2.75, 3.05) is 0 Å². The Morgan fingerprint density at radius 1 is 1.55 bits per heavy atom. The van der Waals surface area contributed by atoms with Gasteiger partial charge < -0.3 is 0 Å². The number of rotatable bonds is 3. The highest BCUT2D eigenvalue weighted by atomic mass is 32.1. The highest BCUT2D eigenvalue weighted by molar-refractivity contribution is 7.13. The molecule has 0 amide bonds. The SMILES string of the molecule is Cc1nc2cc(-c3cccs3)[nH]n2c(=O)c1CCC#N. The van der Waals surface area contributed by atoms with Crippen molar-refractivity contribution in [3.8, 4) is 16.6 Å². The van der Waals surface area contributed by atoms with Crippen LogP contribution in [-0.2, 0) is 6.42 Å². The van der Waals surface area contributed by atoms with Crippen molar-refractivity contribution in [2.45, 2.75) is 19.8 Å². The Hall–Kier alpha value is -2.39. The number of hydrogen-bond acceptors (Lipinski definition) is 4. The third-order valence-corrected chi connectivity index (χ3v) is 4.09. The summed E-state index contributed by atoms with van der Waals surface area (Å²) >= 11 is 1.60. The maximum absolute atomic E-state index is 12.4. The minimum Gasteiger partial charge on any atom is -0.288 e. The summed E-state index contributed by atoms with van der Waals surface area (Å²) in [5.74, 6) is 0. The van der Waals surface area contributed by atoms with E-state index in [4.69, 9.17) is 5.26 Å². The minimum absolute atomic E-state index is 0.120. The lowest BCUT2D eigenvalue weighted by Gasteiger charge is -2.02. The van der Waals surface area contributed by atoms with Gasteiger partial charge in [-0.3, -0.25) is 9.89 Å². The van der Waals surface area contributed by atoms with Gasteiger partial charge in [-0.25, -0.2) is 9.50 Å². The van der Waals surface area contributed by atoms with Crippen LogP contribution in [0.4, 0.5) is 0 Å². The van der Waals surface area contributed by atoms with E-state index in [1.54, 1.807) is 11.3 Å². The fraction of sp³-hybridized carbons (Fsp3) is 0.214. The first kappa shape index (κ1) is 12.6. The molecule has 100 valence electrons. The van der Waals surface area contributed by atoms with Gasteiger partial charge >= 0.3 is 0 Å². The molecule has 0 atom stereocenters. The van der Waals surface area contributed by atoms with E-state index < -0.39 is 0 Å². The van der Waals surface area contributed by atoms with E-state index in [2.05, 4.69) is 16.2 Å². The molecule has 3 aromatic heterocycles. The monoisotopic (exact) mass is 284 g/mol. The summed E-state index contributed by atoms with van der Waals surface area (Å²) in [7, 11) is 0. The molecule has 0 radical (unpaired) electrons. The number of aromatic nitrogens is 3. The lowest BCUT2D eigenvalue weighted by molar-refractivity contribution is 0.841. The van der Waals surface area contributed by atoms with E-state index in [9.17, 15) is 4.79 Å². The van der Waals surface area contributed by atoms with Crippen LogP contribution in [0.3, 0.4) is 0 Å². The molecular formula is C14H12N4OS. The molecule has 20 heavy (non-hydrogen) atoms. The van der Waals surface area contributed by atoms with Crippen molar-refractivity contribution in [2.24, 2.45) is 0 Å². The summed E-state index contributed by atoms with van der Waals surface area (Å²) in [6, 6.07) is 7.88. The van der Waals surface area contributed by atoms with Gasteiger partial charge in [0.2, 0.25) is 0 Å². The summed E-state index contributed by atoms with van der Waals surface area (Å²) in [5, 5.41) is 13.7. The maximum atomic E-state index is 12.4. The van der Waals surface area contributed by atoms with Crippen molar-refractivity contribution in [3.63, 3.8) is 0 Å². The quantitative estimate of drug-likeness (QED) is 0.803. The standard InChI is InChI=1S/C14H12N4OS/c1-9-10(4-2-6-15)14(19)18-13(16-9)8-11(17-18)12-5-3-7-20-12/h3,5,7-8,17H,2,4H2,1H3. The van der Waals surface area contributed by atoms with Crippen molar-refractivity contribution in [1.29, 1.82) is 5.26 Å². The Bertz CT molecular complexity index is 852. The zero-order valence-corrected chi connectivity index (χ0v) is 11.7. The van der Waals surface area contributed by atoms with Crippen LogP contribution in [0.5, 0.6) is 0 Å². The molecule has 0 unspecified atom stereocenters. The molecule has 0 aliphatic carbocycles. The van der Waals surface area contributed by atoms with Crippen LogP contribution < -0.4 is 5.56 Å². The van der Waals surface area contributed by atoms with Crippen LogP contribution in [0.1, 0.15) is 17.7 Å². The number of nitrogens with one attached hydrogen (secondary N) is 1.